The van der Waals surface area contributed by atoms with Crippen LogP contribution in [0.4, 0.5) is 5.69 Å². The topological polar surface area (TPSA) is 38.9 Å². The third-order valence-electron chi connectivity index (χ3n) is 2.44. The van der Waals surface area contributed by atoms with E-state index in [4.69, 9.17) is 5.73 Å². The molecule has 2 aromatic rings. The van der Waals surface area contributed by atoms with Crippen molar-refractivity contribution >= 4 is 5.69 Å². The van der Waals surface area contributed by atoms with Crippen LogP contribution in [0.25, 0.3) is 11.3 Å². The summed E-state index contributed by atoms with van der Waals surface area (Å²) in [6.45, 7) is 4.18. The summed E-state index contributed by atoms with van der Waals surface area (Å²) in [5.74, 6) is 0. The van der Waals surface area contributed by atoms with E-state index in [1.54, 1.807) is 12.3 Å². The van der Waals surface area contributed by atoms with E-state index in [2.05, 4.69) is 37.0 Å². The van der Waals surface area contributed by atoms with Gasteiger partial charge in [-0.3, -0.25) is 4.98 Å². The third kappa shape index (κ3) is 1.99. The second kappa shape index (κ2) is 3.73. The van der Waals surface area contributed by atoms with E-state index in [1.807, 2.05) is 6.07 Å². The Balaban J connectivity index is 2.54. The van der Waals surface area contributed by atoms with Gasteiger partial charge in [0.25, 0.3) is 0 Å². The number of hydrogen-bond donors (Lipinski definition) is 1. The largest absolute Gasteiger partial charge is 0.399 e. The molecule has 0 radical (unpaired) electrons. The van der Waals surface area contributed by atoms with Crippen LogP contribution >= 0.6 is 0 Å². The van der Waals surface area contributed by atoms with Gasteiger partial charge in [0.1, 0.15) is 0 Å². The summed E-state index contributed by atoms with van der Waals surface area (Å²) in [4.78, 5) is 4.32. The van der Waals surface area contributed by atoms with Crippen molar-refractivity contribution < 1.29 is 0 Å². The molecule has 0 aliphatic heterocycles. The van der Waals surface area contributed by atoms with Crippen LogP contribution in [-0.2, 0) is 0 Å². The normalized spacial score (nSPS) is 10.3. The summed E-state index contributed by atoms with van der Waals surface area (Å²) in [6.07, 6.45) is 1.74. The summed E-state index contributed by atoms with van der Waals surface area (Å²) in [7, 11) is 0. The van der Waals surface area contributed by atoms with E-state index in [0.29, 0.717) is 0 Å². The number of rotatable bonds is 1. The van der Waals surface area contributed by atoms with Crippen molar-refractivity contribution in [1.29, 1.82) is 0 Å². The average Bonchev–Trinajstić information content (AvgIpc) is 2.17. The predicted molar refractivity (Wildman–Crippen MR) is 63.6 cm³/mol. The molecule has 1 heterocycles. The fraction of sp³-hybridized carbons (Fsp3) is 0.154. The van der Waals surface area contributed by atoms with Crippen LogP contribution in [0.3, 0.4) is 0 Å². The van der Waals surface area contributed by atoms with Crippen LogP contribution in [-0.4, -0.2) is 4.98 Å². The molecule has 15 heavy (non-hydrogen) atoms. The molecule has 0 spiro atoms. The lowest BCUT2D eigenvalue weighted by atomic mass is 10.0. The molecule has 2 heteroatoms. The number of benzene rings is 1. The Hall–Kier alpha value is -1.83. The molecule has 1 aromatic heterocycles. The van der Waals surface area contributed by atoms with E-state index in [1.165, 1.54) is 11.1 Å². The van der Waals surface area contributed by atoms with Crippen LogP contribution in [0, 0.1) is 13.8 Å². The maximum Gasteiger partial charge on any atom is 0.0725 e. The van der Waals surface area contributed by atoms with Gasteiger partial charge in [0.05, 0.1) is 5.69 Å². The quantitative estimate of drug-likeness (QED) is 0.765. The molecule has 2 rings (SSSR count). The van der Waals surface area contributed by atoms with Crippen LogP contribution in [0.5, 0.6) is 0 Å². The first-order valence-electron chi connectivity index (χ1n) is 4.96. The van der Waals surface area contributed by atoms with Crippen molar-refractivity contribution in [3.63, 3.8) is 0 Å². The van der Waals surface area contributed by atoms with Gasteiger partial charge < -0.3 is 5.73 Å². The SMILES string of the molecule is Cc1ccc(-c2cc(N)ccn2)c(C)c1. The molecule has 0 bridgehead atoms. The van der Waals surface area contributed by atoms with Gasteiger partial charge in [-0.15, -0.1) is 0 Å². The summed E-state index contributed by atoms with van der Waals surface area (Å²) >= 11 is 0. The van der Waals surface area contributed by atoms with Crippen LogP contribution in [0.2, 0.25) is 0 Å². The van der Waals surface area contributed by atoms with E-state index in [0.717, 1.165) is 16.9 Å². The van der Waals surface area contributed by atoms with Gasteiger partial charge in [0.2, 0.25) is 0 Å². The maximum atomic E-state index is 5.74. The first kappa shape index (κ1) is 9.71. The monoisotopic (exact) mass is 198 g/mol. The van der Waals surface area contributed by atoms with Gasteiger partial charge in [-0.25, -0.2) is 0 Å². The summed E-state index contributed by atoms with van der Waals surface area (Å²) in [6, 6.07) is 10.0. The Morgan fingerprint density at radius 1 is 1.07 bits per heavy atom. The van der Waals surface area contributed by atoms with Gasteiger partial charge in [-0.05, 0) is 31.5 Å². The molecule has 0 aliphatic carbocycles. The van der Waals surface area contributed by atoms with Crippen molar-refractivity contribution in [2.24, 2.45) is 0 Å². The van der Waals surface area contributed by atoms with Gasteiger partial charge in [0.15, 0.2) is 0 Å². The van der Waals surface area contributed by atoms with E-state index in [9.17, 15) is 0 Å². The minimum atomic E-state index is 0.750. The van der Waals surface area contributed by atoms with Crippen LogP contribution in [0.1, 0.15) is 11.1 Å². The number of anilines is 1. The standard InChI is InChI=1S/C13H14N2/c1-9-3-4-12(10(2)7-9)13-8-11(14)5-6-15-13/h3-8H,1-2H3,(H2,14,15). The zero-order valence-electron chi connectivity index (χ0n) is 8.99. The smallest absolute Gasteiger partial charge is 0.0725 e. The zero-order chi connectivity index (χ0) is 10.8. The molecule has 76 valence electrons. The van der Waals surface area contributed by atoms with Crippen molar-refractivity contribution in [3.8, 4) is 11.3 Å². The summed E-state index contributed by atoms with van der Waals surface area (Å²) in [5, 5.41) is 0. The molecule has 2 nitrogen and oxygen atoms in total. The van der Waals surface area contributed by atoms with E-state index < -0.39 is 0 Å². The van der Waals surface area contributed by atoms with Gasteiger partial charge in [0, 0.05) is 17.4 Å². The highest BCUT2D eigenvalue weighted by Gasteiger charge is 2.03. The Kier molecular flexibility index (Phi) is 2.42. The second-order valence-electron chi connectivity index (χ2n) is 3.79. The van der Waals surface area contributed by atoms with Crippen molar-refractivity contribution in [2.75, 3.05) is 5.73 Å². The zero-order valence-corrected chi connectivity index (χ0v) is 8.99. The lowest BCUT2D eigenvalue weighted by molar-refractivity contribution is 1.30. The van der Waals surface area contributed by atoms with Gasteiger partial charge in [-0.1, -0.05) is 23.8 Å². The number of nitrogen functional groups attached to an aromatic ring is 1. The molecule has 0 aliphatic rings. The van der Waals surface area contributed by atoms with E-state index >= 15 is 0 Å². The molecule has 0 unspecified atom stereocenters. The molecule has 0 saturated heterocycles. The molecule has 0 fully saturated rings. The molecule has 2 N–H and O–H groups in total. The third-order valence-corrected chi connectivity index (χ3v) is 2.44. The Labute approximate surface area is 89.8 Å². The lowest BCUT2D eigenvalue weighted by Crippen LogP contribution is -1.90. The fourth-order valence-corrected chi connectivity index (χ4v) is 1.70. The minimum absolute atomic E-state index is 0.750. The molecule has 0 saturated carbocycles. The number of pyridine rings is 1. The number of aryl methyl sites for hydroxylation is 2. The minimum Gasteiger partial charge on any atom is -0.399 e. The molecule has 1 aromatic carbocycles. The molecule has 0 amide bonds. The first-order valence-corrected chi connectivity index (χ1v) is 4.96. The number of aromatic nitrogens is 1. The van der Waals surface area contributed by atoms with Crippen molar-refractivity contribution in [2.45, 2.75) is 13.8 Å². The highest BCUT2D eigenvalue weighted by Crippen LogP contribution is 2.23. The Morgan fingerprint density at radius 3 is 2.53 bits per heavy atom. The van der Waals surface area contributed by atoms with Crippen LogP contribution in [0.15, 0.2) is 36.5 Å². The summed E-state index contributed by atoms with van der Waals surface area (Å²) in [5.41, 5.74) is 11.1. The van der Waals surface area contributed by atoms with Crippen molar-refractivity contribution in [3.05, 3.63) is 47.7 Å². The average molecular weight is 198 g/mol. The lowest BCUT2D eigenvalue weighted by Gasteiger charge is -2.06. The Bertz CT molecular complexity index is 490. The second-order valence-corrected chi connectivity index (χ2v) is 3.79. The van der Waals surface area contributed by atoms with Gasteiger partial charge >= 0.3 is 0 Å². The maximum absolute atomic E-state index is 5.74. The van der Waals surface area contributed by atoms with Crippen molar-refractivity contribution in [1.82, 2.24) is 4.98 Å². The molecular weight excluding hydrogens is 184 g/mol. The van der Waals surface area contributed by atoms with Crippen LogP contribution < -0.4 is 5.73 Å². The predicted octanol–water partition coefficient (Wildman–Crippen LogP) is 2.95. The molecular formula is C13H14N2. The summed E-state index contributed by atoms with van der Waals surface area (Å²) < 4.78 is 0. The highest BCUT2D eigenvalue weighted by atomic mass is 14.7. The Morgan fingerprint density at radius 2 is 1.87 bits per heavy atom. The number of hydrogen-bond acceptors (Lipinski definition) is 2. The number of nitrogens with zero attached hydrogens (tertiary/aromatic N) is 1. The highest BCUT2D eigenvalue weighted by molar-refractivity contribution is 5.66. The number of nitrogens with two attached hydrogens (primary N) is 1. The van der Waals surface area contributed by atoms with Gasteiger partial charge in [-0.2, -0.15) is 0 Å². The molecule has 0 atom stereocenters. The first-order chi connectivity index (χ1) is 7.16. The fourth-order valence-electron chi connectivity index (χ4n) is 1.70. The van der Waals surface area contributed by atoms with E-state index in [-0.39, 0.29) is 0 Å².